The van der Waals surface area contributed by atoms with Gasteiger partial charge in [0.1, 0.15) is 5.76 Å². The fourth-order valence-electron chi connectivity index (χ4n) is 0.727. The van der Waals surface area contributed by atoms with Gasteiger partial charge in [0.2, 0.25) is 5.91 Å². The van der Waals surface area contributed by atoms with Gasteiger partial charge in [-0.2, -0.15) is 11.8 Å². The summed E-state index contributed by atoms with van der Waals surface area (Å²) in [5.74, 6) is 0.599. The Hall–Kier alpha value is -0.970. The molecule has 1 N–H and O–H groups in total. The summed E-state index contributed by atoms with van der Waals surface area (Å²) in [7, 11) is 0. The lowest BCUT2D eigenvalue weighted by atomic mass is 10.4. The SMILES string of the molecule is CSC(C)C(=O)Nc1ncc(C)o1. The third-order valence-electron chi connectivity index (χ3n) is 1.57. The Morgan fingerprint density at radius 1 is 1.77 bits per heavy atom. The second-order valence-corrected chi connectivity index (χ2v) is 3.82. The first-order valence-corrected chi connectivity index (χ1v) is 5.18. The van der Waals surface area contributed by atoms with E-state index < -0.39 is 0 Å². The molecule has 0 fully saturated rings. The first kappa shape index (κ1) is 10.1. The van der Waals surface area contributed by atoms with E-state index in [2.05, 4.69) is 10.3 Å². The molecule has 1 atom stereocenters. The van der Waals surface area contributed by atoms with E-state index in [1.165, 1.54) is 11.8 Å². The third-order valence-corrected chi connectivity index (χ3v) is 2.50. The highest BCUT2D eigenvalue weighted by Gasteiger charge is 2.13. The second-order valence-electron chi connectivity index (χ2n) is 2.64. The molecule has 0 saturated heterocycles. The molecule has 0 aliphatic heterocycles. The summed E-state index contributed by atoms with van der Waals surface area (Å²) in [6, 6.07) is 0.267. The molecule has 0 aromatic carbocycles. The summed E-state index contributed by atoms with van der Waals surface area (Å²) < 4.78 is 5.10. The van der Waals surface area contributed by atoms with E-state index in [9.17, 15) is 4.79 Å². The highest BCUT2D eigenvalue weighted by Crippen LogP contribution is 2.11. The van der Waals surface area contributed by atoms with Gasteiger partial charge in [-0.25, -0.2) is 4.98 Å². The predicted octanol–water partition coefficient (Wildman–Crippen LogP) is 1.67. The van der Waals surface area contributed by atoms with Crippen LogP contribution >= 0.6 is 11.8 Å². The second kappa shape index (κ2) is 4.32. The number of hydrogen-bond donors (Lipinski definition) is 1. The van der Waals surface area contributed by atoms with Crippen LogP contribution in [-0.2, 0) is 4.79 Å². The number of rotatable bonds is 3. The molecule has 1 amide bonds. The molecule has 1 heterocycles. The highest BCUT2D eigenvalue weighted by molar-refractivity contribution is 7.99. The van der Waals surface area contributed by atoms with Gasteiger partial charge in [0.25, 0.3) is 0 Å². The highest BCUT2D eigenvalue weighted by atomic mass is 32.2. The summed E-state index contributed by atoms with van der Waals surface area (Å²) in [5.41, 5.74) is 0. The largest absolute Gasteiger partial charge is 0.429 e. The number of carbonyl (C=O) groups excluding carboxylic acids is 1. The lowest BCUT2D eigenvalue weighted by Gasteiger charge is -2.05. The summed E-state index contributed by atoms with van der Waals surface area (Å²) in [6.45, 7) is 3.61. The van der Waals surface area contributed by atoms with Crippen molar-refractivity contribution in [3.05, 3.63) is 12.0 Å². The van der Waals surface area contributed by atoms with E-state index >= 15 is 0 Å². The molecule has 4 nitrogen and oxygen atoms in total. The Balaban J connectivity index is 2.54. The van der Waals surface area contributed by atoms with Crippen molar-refractivity contribution in [2.75, 3.05) is 11.6 Å². The van der Waals surface area contributed by atoms with Crippen LogP contribution in [0.15, 0.2) is 10.6 Å². The first-order chi connectivity index (χ1) is 6.13. The molecule has 5 heteroatoms. The minimum absolute atomic E-state index is 0.0886. The Bertz CT molecular complexity index is 298. The monoisotopic (exact) mass is 200 g/mol. The van der Waals surface area contributed by atoms with E-state index in [-0.39, 0.29) is 17.2 Å². The van der Waals surface area contributed by atoms with Crippen LogP contribution in [-0.4, -0.2) is 22.4 Å². The Kier molecular flexibility index (Phi) is 3.36. The minimum atomic E-state index is -0.0905. The van der Waals surface area contributed by atoms with Gasteiger partial charge in [-0.15, -0.1) is 0 Å². The van der Waals surface area contributed by atoms with Crippen molar-refractivity contribution in [3.63, 3.8) is 0 Å². The zero-order chi connectivity index (χ0) is 9.84. The molecule has 72 valence electrons. The number of anilines is 1. The number of thioether (sulfide) groups is 1. The molecule has 0 radical (unpaired) electrons. The smallest absolute Gasteiger partial charge is 0.301 e. The number of aromatic nitrogens is 1. The van der Waals surface area contributed by atoms with Gasteiger partial charge in [0, 0.05) is 0 Å². The standard InChI is InChI=1S/C8H12N2O2S/c1-5-4-9-8(12-5)10-7(11)6(2)13-3/h4,6H,1-3H3,(H,9,10,11). The zero-order valence-electron chi connectivity index (χ0n) is 7.83. The van der Waals surface area contributed by atoms with Gasteiger partial charge in [-0.3, -0.25) is 10.1 Å². The Morgan fingerprint density at radius 3 is 2.92 bits per heavy atom. The van der Waals surface area contributed by atoms with Crippen molar-refractivity contribution < 1.29 is 9.21 Å². The molecule has 0 aliphatic carbocycles. The molecule has 1 rings (SSSR count). The molecule has 13 heavy (non-hydrogen) atoms. The van der Waals surface area contributed by atoms with Crippen molar-refractivity contribution in [1.29, 1.82) is 0 Å². The van der Waals surface area contributed by atoms with Gasteiger partial charge >= 0.3 is 6.01 Å². The van der Waals surface area contributed by atoms with E-state index in [1.807, 2.05) is 13.2 Å². The van der Waals surface area contributed by atoms with Crippen LogP contribution in [0.3, 0.4) is 0 Å². The van der Waals surface area contributed by atoms with Gasteiger partial charge in [0.05, 0.1) is 11.4 Å². The van der Waals surface area contributed by atoms with E-state index in [4.69, 9.17) is 4.42 Å². The number of amides is 1. The number of nitrogens with zero attached hydrogens (tertiary/aromatic N) is 1. The molecule has 0 spiro atoms. The predicted molar refractivity (Wildman–Crippen MR) is 52.8 cm³/mol. The maximum absolute atomic E-state index is 11.3. The van der Waals surface area contributed by atoms with Gasteiger partial charge in [-0.05, 0) is 20.1 Å². The maximum Gasteiger partial charge on any atom is 0.301 e. The average Bonchev–Trinajstić information content (AvgIpc) is 2.49. The number of aryl methyl sites for hydroxylation is 1. The molecule has 1 aromatic rings. The molecule has 0 bridgehead atoms. The van der Waals surface area contributed by atoms with Crippen LogP contribution in [0.25, 0.3) is 0 Å². The van der Waals surface area contributed by atoms with Crippen LogP contribution in [0.5, 0.6) is 0 Å². The van der Waals surface area contributed by atoms with Gasteiger partial charge < -0.3 is 4.42 Å². The lowest BCUT2D eigenvalue weighted by Crippen LogP contribution is -2.22. The van der Waals surface area contributed by atoms with Crippen LogP contribution in [0.2, 0.25) is 0 Å². The van der Waals surface area contributed by atoms with Crippen LogP contribution in [0.4, 0.5) is 6.01 Å². The maximum atomic E-state index is 11.3. The molecular weight excluding hydrogens is 188 g/mol. The first-order valence-electron chi connectivity index (χ1n) is 3.89. The van der Waals surface area contributed by atoms with E-state index in [0.29, 0.717) is 5.76 Å². The van der Waals surface area contributed by atoms with E-state index in [1.54, 1.807) is 13.1 Å². The average molecular weight is 200 g/mol. The normalized spacial score (nSPS) is 12.5. The summed E-state index contributed by atoms with van der Waals surface area (Å²) in [4.78, 5) is 15.2. The zero-order valence-corrected chi connectivity index (χ0v) is 8.64. The van der Waals surface area contributed by atoms with Crippen molar-refractivity contribution >= 4 is 23.7 Å². The number of nitrogens with one attached hydrogen (secondary N) is 1. The van der Waals surface area contributed by atoms with Crippen molar-refractivity contribution in [2.24, 2.45) is 0 Å². The van der Waals surface area contributed by atoms with Gasteiger partial charge in [0.15, 0.2) is 0 Å². The van der Waals surface area contributed by atoms with Crippen LogP contribution in [0.1, 0.15) is 12.7 Å². The number of hydrogen-bond acceptors (Lipinski definition) is 4. The quantitative estimate of drug-likeness (QED) is 0.806. The fraction of sp³-hybridized carbons (Fsp3) is 0.500. The molecular formula is C8H12N2O2S. The molecule has 0 aliphatic rings. The fourth-order valence-corrected chi connectivity index (χ4v) is 1.000. The minimum Gasteiger partial charge on any atom is -0.429 e. The van der Waals surface area contributed by atoms with Crippen LogP contribution < -0.4 is 5.32 Å². The number of oxazole rings is 1. The Labute approximate surface area is 81.1 Å². The Morgan fingerprint density at radius 2 is 2.46 bits per heavy atom. The van der Waals surface area contributed by atoms with Crippen molar-refractivity contribution in [3.8, 4) is 0 Å². The molecule has 0 saturated carbocycles. The number of carbonyl (C=O) groups is 1. The van der Waals surface area contributed by atoms with E-state index in [0.717, 1.165) is 0 Å². The van der Waals surface area contributed by atoms with Crippen molar-refractivity contribution in [1.82, 2.24) is 4.98 Å². The summed E-state index contributed by atoms with van der Waals surface area (Å²) >= 11 is 1.48. The third kappa shape index (κ3) is 2.77. The van der Waals surface area contributed by atoms with Crippen molar-refractivity contribution in [2.45, 2.75) is 19.1 Å². The van der Waals surface area contributed by atoms with Gasteiger partial charge in [-0.1, -0.05) is 0 Å². The van der Waals surface area contributed by atoms with Crippen LogP contribution in [0, 0.1) is 6.92 Å². The lowest BCUT2D eigenvalue weighted by molar-refractivity contribution is -0.115. The summed E-state index contributed by atoms with van der Waals surface area (Å²) in [6.07, 6.45) is 3.45. The molecule has 1 unspecified atom stereocenters. The summed E-state index contributed by atoms with van der Waals surface area (Å²) in [5, 5.41) is 2.49. The molecule has 1 aromatic heterocycles. The topological polar surface area (TPSA) is 55.1 Å².